The molecule has 0 heterocycles. The maximum atomic E-state index is 5.49. The molecule has 0 spiro atoms. The standard InChI is InChI=1S/C18H22O/c1-5-19-17-12-10-16(11-13-17)18(3,4)15-8-6-14(2)7-9-15/h6-13H,5H2,1-4H3. The molecule has 0 aliphatic heterocycles. The zero-order valence-electron chi connectivity index (χ0n) is 12.2. The second-order valence-corrected chi connectivity index (χ2v) is 5.45. The van der Waals surface area contributed by atoms with Crippen molar-refractivity contribution in [3.05, 3.63) is 65.2 Å². The predicted octanol–water partition coefficient (Wildman–Crippen LogP) is 4.72. The monoisotopic (exact) mass is 254 g/mol. The fourth-order valence-electron chi connectivity index (χ4n) is 2.27. The lowest BCUT2D eigenvalue weighted by atomic mass is 9.78. The quantitative estimate of drug-likeness (QED) is 0.767. The van der Waals surface area contributed by atoms with Gasteiger partial charge in [-0.05, 0) is 37.1 Å². The van der Waals surface area contributed by atoms with E-state index in [4.69, 9.17) is 4.74 Å². The van der Waals surface area contributed by atoms with E-state index in [2.05, 4.69) is 69.3 Å². The second kappa shape index (κ2) is 5.48. The molecule has 0 saturated carbocycles. The summed E-state index contributed by atoms with van der Waals surface area (Å²) < 4.78 is 5.49. The largest absolute Gasteiger partial charge is 0.494 e. The van der Waals surface area contributed by atoms with Crippen LogP contribution in [-0.2, 0) is 5.41 Å². The molecule has 0 bridgehead atoms. The molecule has 2 aromatic carbocycles. The first kappa shape index (κ1) is 13.7. The van der Waals surface area contributed by atoms with Crippen LogP contribution in [-0.4, -0.2) is 6.61 Å². The van der Waals surface area contributed by atoms with Gasteiger partial charge in [-0.15, -0.1) is 0 Å². The van der Waals surface area contributed by atoms with Crippen LogP contribution in [0.3, 0.4) is 0 Å². The summed E-state index contributed by atoms with van der Waals surface area (Å²) in [5.41, 5.74) is 3.95. The Kier molecular flexibility index (Phi) is 3.94. The van der Waals surface area contributed by atoms with Gasteiger partial charge in [0.05, 0.1) is 6.61 Å². The second-order valence-electron chi connectivity index (χ2n) is 5.45. The number of aryl methyl sites for hydroxylation is 1. The van der Waals surface area contributed by atoms with Crippen molar-refractivity contribution >= 4 is 0 Å². The first-order valence-electron chi connectivity index (χ1n) is 6.84. The number of rotatable bonds is 4. The van der Waals surface area contributed by atoms with Gasteiger partial charge in [-0.1, -0.05) is 55.8 Å². The molecule has 0 fully saturated rings. The summed E-state index contributed by atoms with van der Waals surface area (Å²) in [6, 6.07) is 17.2. The van der Waals surface area contributed by atoms with Crippen molar-refractivity contribution in [3.63, 3.8) is 0 Å². The lowest BCUT2D eigenvalue weighted by Gasteiger charge is -2.26. The molecule has 0 atom stereocenters. The Morgan fingerprint density at radius 3 is 1.79 bits per heavy atom. The topological polar surface area (TPSA) is 9.23 Å². The number of ether oxygens (including phenoxy) is 1. The van der Waals surface area contributed by atoms with Crippen LogP contribution in [0.4, 0.5) is 0 Å². The summed E-state index contributed by atoms with van der Waals surface area (Å²) in [6.45, 7) is 9.35. The molecule has 19 heavy (non-hydrogen) atoms. The molecule has 100 valence electrons. The van der Waals surface area contributed by atoms with Gasteiger partial charge in [0, 0.05) is 5.41 Å². The average molecular weight is 254 g/mol. The van der Waals surface area contributed by atoms with Crippen LogP contribution in [0.1, 0.15) is 37.5 Å². The van der Waals surface area contributed by atoms with Crippen molar-refractivity contribution in [1.29, 1.82) is 0 Å². The van der Waals surface area contributed by atoms with Crippen LogP contribution in [0, 0.1) is 6.92 Å². The molecule has 0 aromatic heterocycles. The van der Waals surface area contributed by atoms with Crippen LogP contribution in [0.15, 0.2) is 48.5 Å². The van der Waals surface area contributed by atoms with Crippen LogP contribution in [0.5, 0.6) is 5.75 Å². The molecule has 0 N–H and O–H groups in total. The zero-order chi connectivity index (χ0) is 13.9. The smallest absolute Gasteiger partial charge is 0.119 e. The molecule has 0 aliphatic rings. The predicted molar refractivity (Wildman–Crippen MR) is 80.9 cm³/mol. The van der Waals surface area contributed by atoms with Gasteiger partial charge < -0.3 is 4.74 Å². The van der Waals surface area contributed by atoms with Gasteiger partial charge in [0.1, 0.15) is 5.75 Å². The van der Waals surface area contributed by atoms with E-state index in [1.807, 2.05) is 6.92 Å². The highest BCUT2D eigenvalue weighted by Gasteiger charge is 2.22. The third-order valence-electron chi connectivity index (χ3n) is 3.66. The molecule has 0 amide bonds. The third kappa shape index (κ3) is 2.98. The van der Waals surface area contributed by atoms with Crippen molar-refractivity contribution < 1.29 is 4.74 Å². The number of benzene rings is 2. The number of hydrogen-bond acceptors (Lipinski definition) is 1. The molecular formula is C18H22O. The molecule has 1 heteroatoms. The Bertz CT molecular complexity index is 521. The molecule has 0 saturated heterocycles. The highest BCUT2D eigenvalue weighted by atomic mass is 16.5. The summed E-state index contributed by atoms with van der Waals surface area (Å²) >= 11 is 0. The molecular weight excluding hydrogens is 232 g/mol. The van der Waals surface area contributed by atoms with E-state index in [9.17, 15) is 0 Å². The van der Waals surface area contributed by atoms with Gasteiger partial charge in [-0.2, -0.15) is 0 Å². The Morgan fingerprint density at radius 2 is 1.32 bits per heavy atom. The van der Waals surface area contributed by atoms with E-state index in [1.54, 1.807) is 0 Å². The highest BCUT2D eigenvalue weighted by molar-refractivity contribution is 5.40. The maximum absolute atomic E-state index is 5.49. The van der Waals surface area contributed by atoms with Gasteiger partial charge in [-0.25, -0.2) is 0 Å². The molecule has 1 nitrogen and oxygen atoms in total. The number of hydrogen-bond donors (Lipinski definition) is 0. The SMILES string of the molecule is CCOc1ccc(C(C)(C)c2ccc(C)cc2)cc1. The molecule has 0 unspecified atom stereocenters. The van der Waals surface area contributed by atoms with Gasteiger partial charge >= 0.3 is 0 Å². The van der Waals surface area contributed by atoms with Crippen molar-refractivity contribution in [2.45, 2.75) is 33.1 Å². The van der Waals surface area contributed by atoms with Gasteiger partial charge in [0.2, 0.25) is 0 Å². The lowest BCUT2D eigenvalue weighted by Crippen LogP contribution is -2.18. The van der Waals surface area contributed by atoms with Crippen molar-refractivity contribution in [3.8, 4) is 5.75 Å². The van der Waals surface area contributed by atoms with E-state index in [0.717, 1.165) is 5.75 Å². The summed E-state index contributed by atoms with van der Waals surface area (Å²) in [6.07, 6.45) is 0. The van der Waals surface area contributed by atoms with E-state index in [-0.39, 0.29) is 5.41 Å². The Morgan fingerprint density at radius 1 is 0.842 bits per heavy atom. The summed E-state index contributed by atoms with van der Waals surface area (Å²) in [7, 11) is 0. The Hall–Kier alpha value is -1.76. The van der Waals surface area contributed by atoms with Crippen LogP contribution < -0.4 is 4.74 Å². The van der Waals surface area contributed by atoms with E-state index in [0.29, 0.717) is 6.61 Å². The van der Waals surface area contributed by atoms with Gasteiger partial charge in [0.25, 0.3) is 0 Å². The minimum Gasteiger partial charge on any atom is -0.494 e. The minimum atomic E-state index is 0.0123. The first-order chi connectivity index (χ1) is 9.04. The minimum absolute atomic E-state index is 0.0123. The van der Waals surface area contributed by atoms with Crippen LogP contribution in [0.25, 0.3) is 0 Å². The summed E-state index contributed by atoms with van der Waals surface area (Å²) in [4.78, 5) is 0. The summed E-state index contributed by atoms with van der Waals surface area (Å²) in [5.74, 6) is 0.936. The van der Waals surface area contributed by atoms with E-state index >= 15 is 0 Å². The maximum Gasteiger partial charge on any atom is 0.119 e. The Labute approximate surface area is 116 Å². The third-order valence-corrected chi connectivity index (χ3v) is 3.66. The fraction of sp³-hybridized carbons (Fsp3) is 0.333. The summed E-state index contributed by atoms with van der Waals surface area (Å²) in [5, 5.41) is 0. The lowest BCUT2D eigenvalue weighted by molar-refractivity contribution is 0.340. The van der Waals surface area contributed by atoms with E-state index in [1.165, 1.54) is 16.7 Å². The van der Waals surface area contributed by atoms with Gasteiger partial charge in [0.15, 0.2) is 0 Å². The zero-order valence-corrected chi connectivity index (χ0v) is 12.2. The Balaban J connectivity index is 2.30. The van der Waals surface area contributed by atoms with Crippen LogP contribution >= 0.6 is 0 Å². The first-order valence-corrected chi connectivity index (χ1v) is 6.84. The van der Waals surface area contributed by atoms with Gasteiger partial charge in [-0.3, -0.25) is 0 Å². The van der Waals surface area contributed by atoms with E-state index < -0.39 is 0 Å². The molecule has 0 radical (unpaired) electrons. The van der Waals surface area contributed by atoms with Crippen molar-refractivity contribution in [1.82, 2.24) is 0 Å². The fourth-order valence-corrected chi connectivity index (χ4v) is 2.27. The normalized spacial score (nSPS) is 11.4. The molecule has 2 rings (SSSR count). The highest BCUT2D eigenvalue weighted by Crippen LogP contribution is 2.32. The van der Waals surface area contributed by atoms with Crippen molar-refractivity contribution in [2.75, 3.05) is 6.61 Å². The molecule has 2 aromatic rings. The van der Waals surface area contributed by atoms with Crippen molar-refractivity contribution in [2.24, 2.45) is 0 Å². The van der Waals surface area contributed by atoms with Crippen LogP contribution in [0.2, 0.25) is 0 Å². The molecule has 0 aliphatic carbocycles. The average Bonchev–Trinajstić information content (AvgIpc) is 2.40.